The number of benzene rings is 1. The fourth-order valence-corrected chi connectivity index (χ4v) is 3.40. The third-order valence-corrected chi connectivity index (χ3v) is 4.79. The second-order valence-corrected chi connectivity index (χ2v) is 7.06. The van der Waals surface area contributed by atoms with E-state index < -0.39 is 0 Å². The number of fused-ring (bicyclic) bond motifs is 1. The van der Waals surface area contributed by atoms with Crippen molar-refractivity contribution >= 4 is 11.6 Å². The number of ether oxygens (including phenoxy) is 1. The van der Waals surface area contributed by atoms with E-state index in [9.17, 15) is 5.11 Å². The zero-order valence-electron chi connectivity index (χ0n) is 14.6. The number of nitrogens with zero attached hydrogens (tertiary/aromatic N) is 2. The van der Waals surface area contributed by atoms with Gasteiger partial charge in [-0.05, 0) is 51.2 Å². The Balaban J connectivity index is 1.94. The number of halogens is 1. The van der Waals surface area contributed by atoms with Crippen molar-refractivity contribution in [3.63, 3.8) is 0 Å². The van der Waals surface area contributed by atoms with Crippen molar-refractivity contribution in [3.05, 3.63) is 57.9 Å². The molecule has 0 saturated heterocycles. The van der Waals surface area contributed by atoms with E-state index >= 15 is 0 Å². The largest absolute Gasteiger partial charge is 0.506 e. The lowest BCUT2D eigenvalue weighted by Crippen LogP contribution is -2.14. The van der Waals surface area contributed by atoms with Crippen LogP contribution in [0.4, 0.5) is 0 Å². The molecule has 25 heavy (non-hydrogen) atoms. The molecule has 1 aromatic heterocycles. The maximum Gasteiger partial charge on any atom is 0.144 e. The van der Waals surface area contributed by atoms with Gasteiger partial charge in [-0.25, -0.2) is 0 Å². The zero-order chi connectivity index (χ0) is 18.0. The van der Waals surface area contributed by atoms with Crippen LogP contribution in [0.3, 0.4) is 0 Å². The number of hydrogen-bond donors (Lipinski definition) is 2. The molecule has 0 amide bonds. The van der Waals surface area contributed by atoms with E-state index in [4.69, 9.17) is 22.1 Å². The molecule has 0 fully saturated rings. The maximum absolute atomic E-state index is 10.6. The molecular weight excluding hydrogens is 338 g/mol. The summed E-state index contributed by atoms with van der Waals surface area (Å²) < 4.78 is 6.32. The van der Waals surface area contributed by atoms with E-state index in [2.05, 4.69) is 9.88 Å². The third-order valence-electron chi connectivity index (χ3n) is 4.54. The Labute approximate surface area is 153 Å². The highest BCUT2D eigenvalue weighted by Crippen LogP contribution is 2.48. The molecule has 3 rings (SSSR count). The lowest BCUT2D eigenvalue weighted by Gasteiger charge is -2.16. The van der Waals surface area contributed by atoms with Crippen LogP contribution in [0.2, 0.25) is 5.02 Å². The van der Waals surface area contributed by atoms with Crippen LogP contribution in [0.5, 0.6) is 5.75 Å². The molecule has 1 aliphatic heterocycles. The number of aromatic nitrogens is 1. The van der Waals surface area contributed by atoms with Crippen LogP contribution in [0.25, 0.3) is 0 Å². The molecule has 0 spiro atoms. The molecule has 0 saturated carbocycles. The Kier molecular flexibility index (Phi) is 5.59. The predicted octanol–water partition coefficient (Wildman–Crippen LogP) is 3.40. The normalized spacial score (nSPS) is 19.4. The van der Waals surface area contributed by atoms with E-state index in [1.165, 1.54) is 0 Å². The Hall–Kier alpha value is -1.66. The molecule has 2 atom stereocenters. The molecule has 2 aromatic rings. The van der Waals surface area contributed by atoms with E-state index in [1.807, 2.05) is 38.4 Å². The maximum atomic E-state index is 10.6. The molecule has 6 heteroatoms. The van der Waals surface area contributed by atoms with Gasteiger partial charge in [0.1, 0.15) is 11.9 Å². The summed E-state index contributed by atoms with van der Waals surface area (Å²) in [7, 11) is 4.10. The molecule has 1 aliphatic rings. The first-order chi connectivity index (χ1) is 12.0. The Morgan fingerprint density at radius 1 is 1.28 bits per heavy atom. The highest BCUT2D eigenvalue weighted by atomic mass is 35.5. The van der Waals surface area contributed by atoms with Crippen LogP contribution in [0.15, 0.2) is 30.5 Å². The minimum Gasteiger partial charge on any atom is -0.506 e. The molecular formula is C19H24ClN3O2. The first-order valence-electron chi connectivity index (χ1n) is 8.47. The van der Waals surface area contributed by atoms with Gasteiger partial charge in [0.05, 0.1) is 11.8 Å². The number of hydrogen-bond acceptors (Lipinski definition) is 5. The highest BCUT2D eigenvalue weighted by molar-refractivity contribution is 6.30. The number of nitrogens with two attached hydrogens (primary N) is 1. The van der Waals surface area contributed by atoms with Crippen LogP contribution < -0.4 is 5.73 Å². The summed E-state index contributed by atoms with van der Waals surface area (Å²) in [5.41, 5.74) is 8.96. The van der Waals surface area contributed by atoms with Gasteiger partial charge in [0.15, 0.2) is 0 Å². The average Bonchev–Trinajstić information content (AvgIpc) is 2.95. The van der Waals surface area contributed by atoms with Crippen molar-refractivity contribution in [2.75, 3.05) is 20.6 Å². The van der Waals surface area contributed by atoms with Crippen molar-refractivity contribution in [1.29, 1.82) is 0 Å². The summed E-state index contributed by atoms with van der Waals surface area (Å²) in [6.07, 6.45) is 3.18. The fraction of sp³-hybridized carbons (Fsp3) is 0.421. The van der Waals surface area contributed by atoms with E-state index in [-0.39, 0.29) is 24.5 Å². The lowest BCUT2D eigenvalue weighted by molar-refractivity contribution is 0.0256. The topological polar surface area (TPSA) is 71.6 Å². The van der Waals surface area contributed by atoms with Gasteiger partial charge in [0.2, 0.25) is 0 Å². The summed E-state index contributed by atoms with van der Waals surface area (Å²) in [6.45, 7) is 1.17. The van der Waals surface area contributed by atoms with Crippen LogP contribution in [0.1, 0.15) is 47.4 Å². The SMILES string of the molecule is CN(C)CCCC1OC(c2ccc(Cl)cc2)c2cnc(CN)c(O)c21. The first kappa shape index (κ1) is 18.1. The molecule has 2 unspecified atom stereocenters. The zero-order valence-corrected chi connectivity index (χ0v) is 15.3. The van der Waals surface area contributed by atoms with Gasteiger partial charge in [0.25, 0.3) is 0 Å². The quantitative estimate of drug-likeness (QED) is 0.825. The second-order valence-electron chi connectivity index (χ2n) is 6.63. The van der Waals surface area contributed by atoms with Crippen molar-refractivity contribution in [3.8, 4) is 5.75 Å². The van der Waals surface area contributed by atoms with Gasteiger partial charge in [-0.2, -0.15) is 0 Å². The van der Waals surface area contributed by atoms with E-state index in [1.54, 1.807) is 6.20 Å². The minimum atomic E-state index is -0.248. The summed E-state index contributed by atoms with van der Waals surface area (Å²) in [5.74, 6) is 0.173. The van der Waals surface area contributed by atoms with Gasteiger partial charge in [-0.1, -0.05) is 23.7 Å². The number of aromatic hydroxyl groups is 1. The molecule has 5 nitrogen and oxygen atoms in total. The van der Waals surface area contributed by atoms with Gasteiger partial charge in [-0.15, -0.1) is 0 Å². The minimum absolute atomic E-state index is 0.163. The van der Waals surface area contributed by atoms with Crippen LogP contribution in [-0.2, 0) is 11.3 Å². The highest BCUT2D eigenvalue weighted by Gasteiger charge is 2.36. The lowest BCUT2D eigenvalue weighted by atomic mass is 9.96. The van der Waals surface area contributed by atoms with Crippen molar-refractivity contribution in [2.24, 2.45) is 5.73 Å². The summed E-state index contributed by atoms with van der Waals surface area (Å²) in [5, 5.41) is 11.3. The molecule has 134 valence electrons. The molecule has 0 aliphatic carbocycles. The molecule has 3 N–H and O–H groups in total. The Morgan fingerprint density at radius 2 is 2.00 bits per heavy atom. The summed E-state index contributed by atoms with van der Waals surface area (Å²) in [6, 6.07) is 7.60. The van der Waals surface area contributed by atoms with Crippen LogP contribution in [-0.4, -0.2) is 35.6 Å². The van der Waals surface area contributed by atoms with E-state index in [0.29, 0.717) is 10.7 Å². The second kappa shape index (κ2) is 7.70. The first-order valence-corrected chi connectivity index (χ1v) is 8.85. The standard InChI is InChI=1S/C19H24ClN3O2/c1-23(2)9-3-4-16-17-14(11-22-15(10-21)18(17)24)19(25-16)12-5-7-13(20)8-6-12/h5-8,11,16,19,24H,3-4,9-10,21H2,1-2H3. The molecule has 0 bridgehead atoms. The van der Waals surface area contributed by atoms with E-state index in [0.717, 1.165) is 36.1 Å². The Bertz CT molecular complexity index is 734. The van der Waals surface area contributed by atoms with Crippen LogP contribution in [0, 0.1) is 0 Å². The Morgan fingerprint density at radius 3 is 2.64 bits per heavy atom. The monoisotopic (exact) mass is 361 g/mol. The van der Waals surface area contributed by atoms with Gasteiger partial charge in [0, 0.05) is 28.9 Å². The molecule has 0 radical (unpaired) electrons. The van der Waals surface area contributed by atoms with Crippen molar-refractivity contribution in [2.45, 2.75) is 31.6 Å². The summed E-state index contributed by atoms with van der Waals surface area (Å²) in [4.78, 5) is 6.46. The number of rotatable bonds is 6. The van der Waals surface area contributed by atoms with Crippen LogP contribution >= 0.6 is 11.6 Å². The fourth-order valence-electron chi connectivity index (χ4n) is 3.27. The molecule has 1 aromatic carbocycles. The summed E-state index contributed by atoms with van der Waals surface area (Å²) >= 11 is 6.00. The average molecular weight is 362 g/mol. The van der Waals surface area contributed by atoms with Gasteiger partial charge in [-0.3, -0.25) is 4.98 Å². The van der Waals surface area contributed by atoms with Gasteiger partial charge >= 0.3 is 0 Å². The third kappa shape index (κ3) is 3.80. The van der Waals surface area contributed by atoms with Crippen molar-refractivity contribution in [1.82, 2.24) is 9.88 Å². The smallest absolute Gasteiger partial charge is 0.144 e. The number of pyridine rings is 1. The van der Waals surface area contributed by atoms with Gasteiger partial charge < -0.3 is 20.5 Å². The predicted molar refractivity (Wildman–Crippen MR) is 98.7 cm³/mol. The molecule has 2 heterocycles. The van der Waals surface area contributed by atoms with Crippen molar-refractivity contribution < 1.29 is 9.84 Å².